The van der Waals surface area contributed by atoms with Gasteiger partial charge in [0.1, 0.15) is 0 Å². The molecule has 29 heavy (non-hydrogen) atoms. The van der Waals surface area contributed by atoms with Crippen molar-refractivity contribution in [3.8, 4) is 22.5 Å². The van der Waals surface area contributed by atoms with Gasteiger partial charge in [0.2, 0.25) is 5.16 Å². The van der Waals surface area contributed by atoms with E-state index in [0.29, 0.717) is 21.5 Å². The molecular formula is C18H14N5O4S2+. The third-order valence-electron chi connectivity index (χ3n) is 4.02. The normalized spacial score (nSPS) is 10.9. The van der Waals surface area contributed by atoms with E-state index in [4.69, 9.17) is 9.94 Å². The van der Waals surface area contributed by atoms with E-state index in [1.54, 1.807) is 29.0 Å². The topological polar surface area (TPSA) is 121 Å². The summed E-state index contributed by atoms with van der Waals surface area (Å²) in [5, 5.41) is 15.9. The molecule has 0 amide bonds. The lowest BCUT2D eigenvalue weighted by molar-refractivity contribution is -0.736. The molecule has 2 aromatic heterocycles. The van der Waals surface area contributed by atoms with Crippen LogP contribution in [-0.4, -0.2) is 49.0 Å². The number of aliphatic carboxylic acids is 1. The molecule has 146 valence electrons. The third-order valence-corrected chi connectivity index (χ3v) is 5.66. The number of carbonyl (C=O) groups is 1. The van der Waals surface area contributed by atoms with Crippen LogP contribution in [0.4, 0.5) is 5.69 Å². The zero-order chi connectivity index (χ0) is 20.4. The Balaban J connectivity index is 1.76. The lowest BCUT2D eigenvalue weighted by atomic mass is 10.0. The van der Waals surface area contributed by atoms with E-state index in [2.05, 4.69) is 20.2 Å². The molecule has 2 N–H and O–H groups in total. The van der Waals surface area contributed by atoms with E-state index in [9.17, 15) is 9.70 Å². The van der Waals surface area contributed by atoms with Crippen molar-refractivity contribution in [2.24, 2.45) is 0 Å². The van der Waals surface area contributed by atoms with E-state index in [1.807, 2.05) is 24.3 Å². The molecule has 0 bridgehead atoms. The smallest absolute Gasteiger partial charge is 0.318 e. The van der Waals surface area contributed by atoms with Crippen LogP contribution in [0.15, 0.2) is 47.1 Å². The number of benzene rings is 2. The standard InChI is InChI=1S/C18H13N5O4S2/c1-27-23(26)13-5-11(10-2-3-15-14(7-10)19-9-29-15)4-12(6-13)17-20-18(22-21-17)28-8-16(24)25/h2-7,9H,8H2,1H3,(H-,20,21,22,24,25)/p+1. The van der Waals surface area contributed by atoms with Crippen LogP contribution in [-0.2, 0) is 9.63 Å². The first kappa shape index (κ1) is 19.0. The van der Waals surface area contributed by atoms with Crippen LogP contribution >= 0.6 is 23.1 Å². The number of nitrogens with zero attached hydrogens (tertiary/aromatic N) is 4. The maximum absolute atomic E-state index is 12.1. The monoisotopic (exact) mass is 428 g/mol. The van der Waals surface area contributed by atoms with Crippen LogP contribution in [0, 0.1) is 4.91 Å². The molecule has 0 spiro atoms. The largest absolute Gasteiger partial charge is 0.481 e. The van der Waals surface area contributed by atoms with Crippen LogP contribution in [0.25, 0.3) is 32.7 Å². The lowest BCUT2D eigenvalue weighted by Crippen LogP contribution is -1.99. The maximum Gasteiger partial charge on any atom is 0.318 e. The number of fused-ring (bicyclic) bond motifs is 1. The predicted molar refractivity (Wildman–Crippen MR) is 109 cm³/mol. The molecule has 2 aromatic carbocycles. The van der Waals surface area contributed by atoms with Gasteiger partial charge >= 0.3 is 11.7 Å². The second-order valence-corrected chi connectivity index (χ2v) is 7.72. The van der Waals surface area contributed by atoms with Gasteiger partial charge in [0.05, 0.1) is 26.4 Å². The first-order valence-electron chi connectivity index (χ1n) is 8.31. The summed E-state index contributed by atoms with van der Waals surface area (Å²) in [7, 11) is 1.29. The Labute approximate surface area is 172 Å². The number of hydrogen-bond donors (Lipinski definition) is 2. The summed E-state index contributed by atoms with van der Waals surface area (Å²) < 4.78 is 1.07. The molecule has 2 heterocycles. The number of aromatic nitrogens is 4. The molecule has 0 aliphatic carbocycles. The van der Waals surface area contributed by atoms with Crippen molar-refractivity contribution in [3.63, 3.8) is 0 Å². The minimum atomic E-state index is -0.954. The summed E-state index contributed by atoms with van der Waals surface area (Å²) >= 11 is 2.56. The molecule has 0 aliphatic heterocycles. The number of nitrogens with one attached hydrogen (secondary N) is 1. The van der Waals surface area contributed by atoms with Crippen molar-refractivity contribution in [2.45, 2.75) is 5.16 Å². The summed E-state index contributed by atoms with van der Waals surface area (Å²) in [4.78, 5) is 36.7. The Bertz CT molecular complexity index is 1220. The summed E-state index contributed by atoms with van der Waals surface area (Å²) in [6.45, 7) is 0. The Kier molecular flexibility index (Phi) is 5.23. The van der Waals surface area contributed by atoms with E-state index >= 15 is 0 Å². The van der Waals surface area contributed by atoms with Gasteiger partial charge in [0, 0.05) is 17.7 Å². The molecule has 0 unspecified atom stereocenters. The minimum Gasteiger partial charge on any atom is -0.481 e. The summed E-state index contributed by atoms with van der Waals surface area (Å²) in [6, 6.07) is 11.1. The van der Waals surface area contributed by atoms with E-state index in [0.717, 1.165) is 33.1 Å². The van der Waals surface area contributed by atoms with Crippen molar-refractivity contribution in [2.75, 3.05) is 12.9 Å². The van der Waals surface area contributed by atoms with Crippen molar-refractivity contribution in [1.29, 1.82) is 0 Å². The average molecular weight is 428 g/mol. The van der Waals surface area contributed by atoms with Crippen LogP contribution in [0.2, 0.25) is 0 Å². The predicted octanol–water partition coefficient (Wildman–Crippen LogP) is 3.90. The number of rotatable bonds is 7. The van der Waals surface area contributed by atoms with Crippen LogP contribution in [0.1, 0.15) is 0 Å². The van der Waals surface area contributed by atoms with E-state index in [1.165, 1.54) is 7.11 Å². The van der Waals surface area contributed by atoms with Crippen LogP contribution < -0.4 is 0 Å². The van der Waals surface area contributed by atoms with Gasteiger partial charge in [-0.1, -0.05) is 17.8 Å². The second kappa shape index (κ2) is 7.97. The van der Waals surface area contributed by atoms with Gasteiger partial charge in [-0.05, 0) is 29.3 Å². The first-order chi connectivity index (χ1) is 14.0. The van der Waals surface area contributed by atoms with Crippen LogP contribution in [0.5, 0.6) is 0 Å². The highest BCUT2D eigenvalue weighted by molar-refractivity contribution is 7.99. The first-order valence-corrected chi connectivity index (χ1v) is 10.2. The molecule has 4 aromatic rings. The molecular weight excluding hydrogens is 414 g/mol. The number of thioether (sulfide) groups is 1. The Morgan fingerprint density at radius 3 is 2.86 bits per heavy atom. The SMILES string of the molecule is CO[N+](=O)c1cc(-c2ccc3scnc3c2)cc(-c2nc(SCC(=O)O)n[nH]2)c1. The zero-order valence-electron chi connectivity index (χ0n) is 15.0. The number of carboxylic acid groups (broad SMARTS) is 1. The molecule has 4 rings (SSSR count). The fourth-order valence-corrected chi connectivity index (χ4v) is 3.91. The fraction of sp³-hybridized carbons (Fsp3) is 0.111. The maximum atomic E-state index is 12.1. The Morgan fingerprint density at radius 2 is 2.07 bits per heavy atom. The van der Waals surface area contributed by atoms with Gasteiger partial charge in [-0.3, -0.25) is 9.89 Å². The molecule has 0 saturated carbocycles. The quantitative estimate of drug-likeness (QED) is 0.336. The highest BCUT2D eigenvalue weighted by Crippen LogP contribution is 2.32. The third kappa shape index (κ3) is 4.10. The number of aromatic amines is 1. The van der Waals surface area contributed by atoms with E-state index < -0.39 is 5.97 Å². The Hall–Kier alpha value is -3.31. The zero-order valence-corrected chi connectivity index (χ0v) is 16.7. The Morgan fingerprint density at radius 1 is 1.24 bits per heavy atom. The molecule has 0 saturated heterocycles. The van der Waals surface area contributed by atoms with Gasteiger partial charge in [0.15, 0.2) is 12.9 Å². The highest BCUT2D eigenvalue weighted by Gasteiger charge is 2.20. The van der Waals surface area contributed by atoms with Gasteiger partial charge < -0.3 is 5.11 Å². The molecule has 9 nitrogen and oxygen atoms in total. The van der Waals surface area contributed by atoms with Gasteiger partial charge in [-0.25, -0.2) is 14.8 Å². The van der Waals surface area contributed by atoms with Gasteiger partial charge in [-0.15, -0.1) is 16.4 Å². The van der Waals surface area contributed by atoms with Crippen molar-refractivity contribution >= 4 is 45.0 Å². The van der Waals surface area contributed by atoms with Crippen molar-refractivity contribution in [3.05, 3.63) is 46.8 Å². The number of H-pyrrole nitrogens is 1. The van der Waals surface area contributed by atoms with Crippen molar-refractivity contribution in [1.82, 2.24) is 20.2 Å². The number of hydrogen-bond acceptors (Lipinski definition) is 8. The van der Waals surface area contributed by atoms with Crippen LogP contribution in [0.3, 0.4) is 0 Å². The fourth-order valence-electron chi connectivity index (χ4n) is 2.73. The van der Waals surface area contributed by atoms with E-state index in [-0.39, 0.29) is 11.4 Å². The average Bonchev–Trinajstić information content (AvgIpc) is 3.40. The molecule has 0 aliphatic rings. The summed E-state index contributed by atoms with van der Waals surface area (Å²) in [5.74, 6) is -0.681. The van der Waals surface area contributed by atoms with Gasteiger partial charge in [-0.2, -0.15) is 0 Å². The molecule has 0 fully saturated rings. The van der Waals surface area contributed by atoms with Crippen molar-refractivity contribution < 1.29 is 19.7 Å². The van der Waals surface area contributed by atoms with Gasteiger partial charge in [0.25, 0.3) is 4.92 Å². The molecule has 0 radical (unpaired) electrons. The highest BCUT2D eigenvalue weighted by atomic mass is 32.2. The lowest BCUT2D eigenvalue weighted by Gasteiger charge is -2.04. The number of carboxylic acids is 1. The minimum absolute atomic E-state index is 0.145. The second-order valence-electron chi connectivity index (χ2n) is 5.89. The summed E-state index contributed by atoms with van der Waals surface area (Å²) in [5.41, 5.74) is 5.22. The molecule has 11 heteroatoms. The summed E-state index contributed by atoms with van der Waals surface area (Å²) in [6.07, 6.45) is 0. The number of thiazole rings is 1. The molecule has 0 atom stereocenters.